The average Bonchev–Trinajstić information content (AvgIpc) is 2.92. The second kappa shape index (κ2) is 3.95. The largest absolute Gasteiger partial charge is 0.271 e. The summed E-state index contributed by atoms with van der Waals surface area (Å²) >= 11 is 12.1. The number of halogens is 2. The maximum atomic E-state index is 6.15. The Kier molecular flexibility index (Phi) is 2.95. The van der Waals surface area contributed by atoms with E-state index < -0.39 is 0 Å². The molecule has 1 atom stereocenters. The van der Waals surface area contributed by atoms with Gasteiger partial charge in [0, 0.05) is 10.0 Å². The van der Waals surface area contributed by atoms with Crippen LogP contribution in [0.2, 0.25) is 10.0 Å². The monoisotopic (exact) mass is 244 g/mol. The van der Waals surface area contributed by atoms with Crippen LogP contribution in [0.3, 0.4) is 0 Å². The van der Waals surface area contributed by atoms with Gasteiger partial charge in [-0.2, -0.15) is 0 Å². The lowest BCUT2D eigenvalue weighted by Gasteiger charge is -2.24. The van der Waals surface area contributed by atoms with Crippen LogP contribution >= 0.6 is 23.2 Å². The molecule has 0 spiro atoms. The lowest BCUT2D eigenvalue weighted by atomic mass is 9.92. The number of rotatable bonds is 3. The fourth-order valence-corrected chi connectivity index (χ4v) is 2.30. The Morgan fingerprint density at radius 3 is 2.60 bits per heavy atom. The summed E-state index contributed by atoms with van der Waals surface area (Å²) < 4.78 is 0. The highest BCUT2D eigenvalue weighted by Crippen LogP contribution is 2.55. The van der Waals surface area contributed by atoms with Crippen LogP contribution in [0.25, 0.3) is 0 Å². The first-order valence-corrected chi connectivity index (χ1v) is 5.73. The van der Waals surface area contributed by atoms with Gasteiger partial charge >= 0.3 is 0 Å². The first-order valence-electron chi connectivity index (χ1n) is 4.98. The number of hydrogen-bond donors (Lipinski definition) is 2. The van der Waals surface area contributed by atoms with Crippen molar-refractivity contribution in [3.63, 3.8) is 0 Å². The molecule has 1 fully saturated rings. The van der Waals surface area contributed by atoms with Gasteiger partial charge in [0.1, 0.15) is 0 Å². The molecule has 1 aromatic rings. The van der Waals surface area contributed by atoms with Crippen molar-refractivity contribution in [3.05, 3.63) is 33.8 Å². The zero-order valence-electron chi connectivity index (χ0n) is 8.56. The highest BCUT2D eigenvalue weighted by molar-refractivity contribution is 6.33. The van der Waals surface area contributed by atoms with E-state index in [4.69, 9.17) is 29.0 Å². The lowest BCUT2D eigenvalue weighted by molar-refractivity contribution is 0.372. The topological polar surface area (TPSA) is 38.0 Å². The van der Waals surface area contributed by atoms with E-state index in [2.05, 4.69) is 12.3 Å². The molecule has 0 radical (unpaired) electrons. The van der Waals surface area contributed by atoms with Crippen molar-refractivity contribution in [1.82, 2.24) is 5.43 Å². The summed E-state index contributed by atoms with van der Waals surface area (Å²) in [5.41, 5.74) is 4.06. The van der Waals surface area contributed by atoms with Crippen LogP contribution in [0, 0.1) is 5.41 Å². The number of nitrogens with one attached hydrogen (secondary N) is 1. The third kappa shape index (κ3) is 2.13. The molecule has 0 heterocycles. The van der Waals surface area contributed by atoms with Gasteiger partial charge in [0.15, 0.2) is 0 Å². The molecule has 15 heavy (non-hydrogen) atoms. The number of nitrogens with two attached hydrogens (primary N) is 1. The molecule has 0 aliphatic heterocycles. The Labute approximate surface area is 99.7 Å². The van der Waals surface area contributed by atoms with E-state index in [0.29, 0.717) is 5.02 Å². The molecule has 82 valence electrons. The standard InChI is InChI=1S/C11H14Cl2N2/c1-11(4-5-11)10(15-14)8-6-7(12)2-3-9(8)13/h2-3,6,10,15H,4-5,14H2,1H3. The third-order valence-corrected chi connectivity index (χ3v) is 3.75. The van der Waals surface area contributed by atoms with Crippen LogP contribution < -0.4 is 11.3 Å². The van der Waals surface area contributed by atoms with Crippen molar-refractivity contribution in [2.45, 2.75) is 25.8 Å². The quantitative estimate of drug-likeness (QED) is 0.633. The van der Waals surface area contributed by atoms with Crippen LogP contribution in [0.4, 0.5) is 0 Å². The molecule has 0 saturated heterocycles. The van der Waals surface area contributed by atoms with Gasteiger partial charge in [0.2, 0.25) is 0 Å². The van der Waals surface area contributed by atoms with E-state index in [-0.39, 0.29) is 11.5 Å². The van der Waals surface area contributed by atoms with Gasteiger partial charge in [-0.25, -0.2) is 0 Å². The van der Waals surface area contributed by atoms with Gasteiger partial charge in [-0.05, 0) is 42.0 Å². The number of benzene rings is 1. The Hall–Kier alpha value is -0.280. The average molecular weight is 245 g/mol. The molecule has 1 saturated carbocycles. The van der Waals surface area contributed by atoms with Crippen molar-refractivity contribution in [1.29, 1.82) is 0 Å². The zero-order chi connectivity index (χ0) is 11.1. The number of hydrazine groups is 1. The molecule has 2 rings (SSSR count). The summed E-state index contributed by atoms with van der Waals surface area (Å²) in [4.78, 5) is 0. The Morgan fingerprint density at radius 1 is 1.40 bits per heavy atom. The molecule has 2 nitrogen and oxygen atoms in total. The molecule has 1 aliphatic rings. The summed E-state index contributed by atoms with van der Waals surface area (Å²) in [5.74, 6) is 5.60. The SMILES string of the molecule is CC1(C(NN)c2cc(Cl)ccc2Cl)CC1. The third-order valence-electron chi connectivity index (χ3n) is 3.17. The highest BCUT2D eigenvalue weighted by atomic mass is 35.5. The van der Waals surface area contributed by atoms with Crippen molar-refractivity contribution in [2.75, 3.05) is 0 Å². The molecule has 1 aliphatic carbocycles. The Balaban J connectivity index is 2.37. The summed E-state index contributed by atoms with van der Waals surface area (Å²) in [7, 11) is 0. The fourth-order valence-electron chi connectivity index (χ4n) is 1.89. The molecule has 4 heteroatoms. The minimum Gasteiger partial charge on any atom is -0.271 e. The fraction of sp³-hybridized carbons (Fsp3) is 0.455. The molecule has 0 amide bonds. The Bertz CT molecular complexity index is 375. The van der Waals surface area contributed by atoms with Gasteiger partial charge in [0.25, 0.3) is 0 Å². The predicted molar refractivity (Wildman–Crippen MR) is 63.9 cm³/mol. The van der Waals surface area contributed by atoms with Crippen molar-refractivity contribution < 1.29 is 0 Å². The molecule has 3 N–H and O–H groups in total. The molecular weight excluding hydrogens is 231 g/mol. The summed E-state index contributed by atoms with van der Waals surface area (Å²) in [6.07, 6.45) is 2.34. The minimum atomic E-state index is 0.0868. The van der Waals surface area contributed by atoms with Gasteiger partial charge in [-0.3, -0.25) is 11.3 Å². The van der Waals surface area contributed by atoms with Crippen molar-refractivity contribution >= 4 is 23.2 Å². The maximum Gasteiger partial charge on any atom is 0.0528 e. The summed E-state index contributed by atoms with van der Waals surface area (Å²) in [6.45, 7) is 2.20. The lowest BCUT2D eigenvalue weighted by Crippen LogP contribution is -2.33. The molecular formula is C11H14Cl2N2. The second-order valence-electron chi connectivity index (χ2n) is 4.42. The molecule has 1 unspecified atom stereocenters. The highest BCUT2D eigenvalue weighted by Gasteiger charge is 2.45. The maximum absolute atomic E-state index is 6.15. The summed E-state index contributed by atoms with van der Waals surface area (Å²) in [6, 6.07) is 5.58. The van der Waals surface area contributed by atoms with Gasteiger partial charge < -0.3 is 0 Å². The van der Waals surface area contributed by atoms with E-state index >= 15 is 0 Å². The Morgan fingerprint density at radius 2 is 2.07 bits per heavy atom. The van der Waals surface area contributed by atoms with Crippen LogP contribution in [0.15, 0.2) is 18.2 Å². The predicted octanol–water partition coefficient (Wildman–Crippen LogP) is 3.30. The normalized spacial score (nSPS) is 20.0. The van der Waals surface area contributed by atoms with E-state index in [9.17, 15) is 0 Å². The van der Waals surface area contributed by atoms with Crippen LogP contribution in [-0.2, 0) is 0 Å². The first kappa shape index (κ1) is 11.2. The minimum absolute atomic E-state index is 0.0868. The summed E-state index contributed by atoms with van der Waals surface area (Å²) in [5, 5.41) is 1.41. The number of hydrogen-bond acceptors (Lipinski definition) is 2. The van der Waals surface area contributed by atoms with E-state index in [1.165, 1.54) is 12.8 Å². The van der Waals surface area contributed by atoms with Gasteiger partial charge in [-0.15, -0.1) is 0 Å². The van der Waals surface area contributed by atoms with E-state index in [0.717, 1.165) is 10.6 Å². The van der Waals surface area contributed by atoms with Crippen LogP contribution in [0.5, 0.6) is 0 Å². The van der Waals surface area contributed by atoms with Gasteiger partial charge in [0.05, 0.1) is 6.04 Å². The van der Waals surface area contributed by atoms with Crippen LogP contribution in [-0.4, -0.2) is 0 Å². The van der Waals surface area contributed by atoms with Gasteiger partial charge in [-0.1, -0.05) is 30.1 Å². The zero-order valence-corrected chi connectivity index (χ0v) is 10.1. The first-order chi connectivity index (χ1) is 7.07. The van der Waals surface area contributed by atoms with Crippen LogP contribution in [0.1, 0.15) is 31.4 Å². The molecule has 1 aromatic carbocycles. The van der Waals surface area contributed by atoms with E-state index in [1.807, 2.05) is 12.1 Å². The second-order valence-corrected chi connectivity index (χ2v) is 5.26. The smallest absolute Gasteiger partial charge is 0.0528 e. The van der Waals surface area contributed by atoms with Crippen molar-refractivity contribution in [2.24, 2.45) is 11.3 Å². The van der Waals surface area contributed by atoms with E-state index in [1.54, 1.807) is 6.07 Å². The molecule has 0 aromatic heterocycles. The van der Waals surface area contributed by atoms with Crippen molar-refractivity contribution in [3.8, 4) is 0 Å². The molecule has 0 bridgehead atoms.